The van der Waals surface area contributed by atoms with Crippen molar-refractivity contribution in [3.8, 4) is 0 Å². The SMILES string of the molecule is CN(Cc1cn2c(n1)CCCC2)C1CN(c2ccc(C(C)(C)C)nn2)C1. The Morgan fingerprint density at radius 2 is 1.96 bits per heavy atom. The summed E-state index contributed by atoms with van der Waals surface area (Å²) in [5.74, 6) is 2.25. The van der Waals surface area contributed by atoms with Gasteiger partial charge in [-0.15, -0.1) is 5.10 Å². The summed E-state index contributed by atoms with van der Waals surface area (Å²) in [5.41, 5.74) is 2.30. The Kier molecular flexibility index (Phi) is 4.47. The summed E-state index contributed by atoms with van der Waals surface area (Å²) in [5, 5.41) is 8.84. The Labute approximate surface area is 156 Å². The van der Waals surface area contributed by atoms with E-state index >= 15 is 0 Å². The van der Waals surface area contributed by atoms with E-state index in [1.165, 1.54) is 24.4 Å². The monoisotopic (exact) mass is 354 g/mol. The highest BCUT2D eigenvalue weighted by atomic mass is 15.4. The number of hydrogen-bond donors (Lipinski definition) is 0. The molecule has 1 fully saturated rings. The van der Waals surface area contributed by atoms with Gasteiger partial charge in [-0.3, -0.25) is 4.90 Å². The van der Waals surface area contributed by atoms with Gasteiger partial charge in [0.25, 0.3) is 0 Å². The highest BCUT2D eigenvalue weighted by Gasteiger charge is 2.31. The van der Waals surface area contributed by atoms with Crippen molar-refractivity contribution in [3.05, 3.63) is 35.5 Å². The zero-order valence-corrected chi connectivity index (χ0v) is 16.4. The number of hydrogen-bond acceptors (Lipinski definition) is 5. The lowest BCUT2D eigenvalue weighted by Crippen LogP contribution is -2.58. The molecule has 4 heterocycles. The molecule has 2 aromatic rings. The highest BCUT2D eigenvalue weighted by Crippen LogP contribution is 2.25. The zero-order chi connectivity index (χ0) is 18.3. The summed E-state index contributed by atoms with van der Waals surface area (Å²) < 4.78 is 2.34. The first-order valence-corrected chi connectivity index (χ1v) is 9.74. The van der Waals surface area contributed by atoms with E-state index in [1.54, 1.807) is 0 Å². The minimum absolute atomic E-state index is 0.0486. The number of rotatable bonds is 4. The summed E-state index contributed by atoms with van der Waals surface area (Å²) in [6, 6.07) is 4.76. The van der Waals surface area contributed by atoms with Crippen LogP contribution in [-0.4, -0.2) is 50.8 Å². The van der Waals surface area contributed by atoms with Crippen LogP contribution in [0.25, 0.3) is 0 Å². The van der Waals surface area contributed by atoms with Gasteiger partial charge in [0.05, 0.1) is 11.4 Å². The molecule has 0 atom stereocenters. The first-order chi connectivity index (χ1) is 12.4. The average molecular weight is 355 g/mol. The van der Waals surface area contributed by atoms with E-state index in [1.807, 2.05) is 0 Å². The third-order valence-corrected chi connectivity index (χ3v) is 5.60. The standard InChI is InChI=1S/C20H30N6/c1-20(2,3)17-8-9-19(23-22-17)26-13-16(14-26)24(4)11-15-12-25-10-6-5-7-18(25)21-15/h8-9,12,16H,5-7,10-11,13-14H2,1-4H3. The molecule has 0 aliphatic carbocycles. The van der Waals surface area contributed by atoms with E-state index in [-0.39, 0.29) is 5.41 Å². The van der Waals surface area contributed by atoms with Gasteiger partial charge < -0.3 is 9.47 Å². The average Bonchev–Trinajstić information content (AvgIpc) is 2.95. The van der Waals surface area contributed by atoms with Gasteiger partial charge in [-0.1, -0.05) is 20.8 Å². The van der Waals surface area contributed by atoms with Crippen molar-refractivity contribution in [2.24, 2.45) is 0 Å². The van der Waals surface area contributed by atoms with Crippen LogP contribution in [0.2, 0.25) is 0 Å². The van der Waals surface area contributed by atoms with Crippen molar-refractivity contribution in [2.45, 2.75) is 64.6 Å². The van der Waals surface area contributed by atoms with Gasteiger partial charge in [-0.25, -0.2) is 4.98 Å². The van der Waals surface area contributed by atoms with E-state index in [9.17, 15) is 0 Å². The third-order valence-electron chi connectivity index (χ3n) is 5.60. The van der Waals surface area contributed by atoms with Crippen LogP contribution in [0, 0.1) is 0 Å². The number of likely N-dealkylation sites (N-methyl/N-ethyl adjacent to an activating group) is 1. The molecule has 0 unspecified atom stereocenters. The van der Waals surface area contributed by atoms with Crippen LogP contribution in [0.4, 0.5) is 5.82 Å². The van der Waals surface area contributed by atoms with Crippen LogP contribution in [0.1, 0.15) is 50.8 Å². The second kappa shape index (κ2) is 6.65. The van der Waals surface area contributed by atoms with E-state index in [4.69, 9.17) is 4.98 Å². The number of nitrogens with zero attached hydrogens (tertiary/aromatic N) is 6. The van der Waals surface area contributed by atoms with Crippen LogP contribution < -0.4 is 4.90 Å². The van der Waals surface area contributed by atoms with Crippen LogP contribution in [-0.2, 0) is 24.9 Å². The molecule has 0 bridgehead atoms. The van der Waals surface area contributed by atoms with Crippen molar-refractivity contribution in [1.82, 2.24) is 24.6 Å². The van der Waals surface area contributed by atoms with Gasteiger partial charge in [-0.2, -0.15) is 5.10 Å². The molecule has 0 radical (unpaired) electrons. The van der Waals surface area contributed by atoms with Gasteiger partial charge in [0.2, 0.25) is 0 Å². The van der Waals surface area contributed by atoms with Gasteiger partial charge in [0.1, 0.15) is 5.82 Å². The quantitative estimate of drug-likeness (QED) is 0.845. The van der Waals surface area contributed by atoms with Crippen molar-refractivity contribution in [1.29, 1.82) is 0 Å². The molecule has 2 aliphatic rings. The smallest absolute Gasteiger partial charge is 0.151 e. The van der Waals surface area contributed by atoms with E-state index < -0.39 is 0 Å². The molecule has 140 valence electrons. The maximum atomic E-state index is 4.83. The molecule has 0 saturated carbocycles. The lowest BCUT2D eigenvalue weighted by atomic mass is 9.92. The Bertz CT molecular complexity index is 728. The molecule has 0 aromatic carbocycles. The van der Waals surface area contributed by atoms with Crippen molar-refractivity contribution < 1.29 is 0 Å². The van der Waals surface area contributed by atoms with Crippen molar-refractivity contribution in [2.75, 3.05) is 25.0 Å². The van der Waals surface area contributed by atoms with E-state index in [2.05, 4.69) is 70.7 Å². The molecular weight excluding hydrogens is 324 g/mol. The predicted octanol–water partition coefficient (Wildman–Crippen LogP) is 2.63. The molecule has 2 aromatic heterocycles. The summed E-state index contributed by atoms with van der Waals surface area (Å²) in [6.45, 7) is 10.6. The van der Waals surface area contributed by atoms with Crippen molar-refractivity contribution >= 4 is 5.82 Å². The number of fused-ring (bicyclic) bond motifs is 1. The largest absolute Gasteiger partial charge is 0.352 e. The van der Waals surface area contributed by atoms with Crippen LogP contribution in [0.15, 0.2) is 18.3 Å². The first kappa shape index (κ1) is 17.5. The van der Waals surface area contributed by atoms with Crippen molar-refractivity contribution in [3.63, 3.8) is 0 Å². The third kappa shape index (κ3) is 3.47. The molecule has 6 heteroatoms. The maximum absolute atomic E-state index is 4.83. The fourth-order valence-electron chi connectivity index (χ4n) is 3.75. The minimum atomic E-state index is 0.0486. The number of aryl methyl sites for hydroxylation is 2. The molecule has 0 spiro atoms. The van der Waals surface area contributed by atoms with Gasteiger partial charge in [0, 0.05) is 50.3 Å². The molecular formula is C20H30N6. The molecule has 4 rings (SSSR count). The van der Waals surface area contributed by atoms with E-state index in [0.717, 1.165) is 44.1 Å². The number of imidazole rings is 1. The molecule has 26 heavy (non-hydrogen) atoms. The fraction of sp³-hybridized carbons (Fsp3) is 0.650. The summed E-state index contributed by atoms with van der Waals surface area (Å²) in [4.78, 5) is 9.55. The molecule has 0 amide bonds. The molecule has 2 aliphatic heterocycles. The normalized spacial score (nSPS) is 18.1. The Hall–Kier alpha value is -1.95. The van der Waals surface area contributed by atoms with Gasteiger partial charge in [0.15, 0.2) is 5.82 Å². The Morgan fingerprint density at radius 1 is 1.15 bits per heavy atom. The minimum Gasteiger partial charge on any atom is -0.352 e. The first-order valence-electron chi connectivity index (χ1n) is 9.74. The fourth-order valence-corrected chi connectivity index (χ4v) is 3.75. The van der Waals surface area contributed by atoms with Crippen LogP contribution in [0.3, 0.4) is 0 Å². The lowest BCUT2D eigenvalue weighted by Gasteiger charge is -2.44. The topological polar surface area (TPSA) is 50.1 Å². The summed E-state index contributed by atoms with van der Waals surface area (Å²) in [6.07, 6.45) is 5.94. The summed E-state index contributed by atoms with van der Waals surface area (Å²) in [7, 11) is 2.20. The Morgan fingerprint density at radius 3 is 2.62 bits per heavy atom. The van der Waals surface area contributed by atoms with Crippen LogP contribution >= 0.6 is 0 Å². The van der Waals surface area contributed by atoms with E-state index in [0.29, 0.717) is 6.04 Å². The van der Waals surface area contributed by atoms with Gasteiger partial charge >= 0.3 is 0 Å². The zero-order valence-electron chi connectivity index (χ0n) is 16.4. The molecule has 6 nitrogen and oxygen atoms in total. The second-order valence-electron chi connectivity index (χ2n) is 8.80. The second-order valence-corrected chi connectivity index (χ2v) is 8.80. The number of anilines is 1. The highest BCUT2D eigenvalue weighted by molar-refractivity contribution is 5.42. The number of aromatic nitrogens is 4. The summed E-state index contributed by atoms with van der Waals surface area (Å²) >= 11 is 0. The van der Waals surface area contributed by atoms with Crippen LogP contribution in [0.5, 0.6) is 0 Å². The Balaban J connectivity index is 1.32. The lowest BCUT2D eigenvalue weighted by molar-refractivity contribution is 0.194. The molecule has 0 N–H and O–H groups in total. The maximum Gasteiger partial charge on any atom is 0.151 e. The molecule has 1 saturated heterocycles. The van der Waals surface area contributed by atoms with Gasteiger partial charge in [-0.05, 0) is 32.0 Å². The predicted molar refractivity (Wildman–Crippen MR) is 103 cm³/mol.